The standard InChI is InChI=1S/C11H19NOS/c1-4-5-8-11(2,3)14(13)12-9-10-6-7-10/h4-5,9-10H,6-8H2,1-3H3. The SMILES string of the molecule is CC=CCC(C)(C)[S+]([O-])N=CC1CC1. The van der Waals surface area contributed by atoms with Crippen LogP contribution in [-0.4, -0.2) is 15.5 Å². The maximum atomic E-state index is 11.8. The molecule has 1 atom stereocenters. The molecule has 0 saturated heterocycles. The van der Waals surface area contributed by atoms with E-state index in [0.29, 0.717) is 5.92 Å². The lowest BCUT2D eigenvalue weighted by molar-refractivity contribution is 0.548. The minimum atomic E-state index is -1.09. The Morgan fingerprint density at radius 3 is 2.64 bits per heavy atom. The molecule has 0 aromatic rings. The van der Waals surface area contributed by atoms with Crippen LogP contribution in [0, 0.1) is 5.92 Å². The van der Waals surface area contributed by atoms with Gasteiger partial charge in [0.05, 0.1) is 6.21 Å². The first-order chi connectivity index (χ1) is 6.56. The van der Waals surface area contributed by atoms with E-state index in [2.05, 4.69) is 4.40 Å². The van der Waals surface area contributed by atoms with Gasteiger partial charge in [0.2, 0.25) is 0 Å². The van der Waals surface area contributed by atoms with Crippen LogP contribution in [0.25, 0.3) is 0 Å². The number of nitrogens with zero attached hydrogens (tertiary/aromatic N) is 1. The fourth-order valence-corrected chi connectivity index (χ4v) is 1.81. The molecule has 0 bridgehead atoms. The van der Waals surface area contributed by atoms with E-state index < -0.39 is 11.4 Å². The monoisotopic (exact) mass is 213 g/mol. The molecule has 0 radical (unpaired) electrons. The van der Waals surface area contributed by atoms with Crippen molar-refractivity contribution in [1.82, 2.24) is 0 Å². The molecule has 0 amide bonds. The van der Waals surface area contributed by atoms with Gasteiger partial charge >= 0.3 is 0 Å². The van der Waals surface area contributed by atoms with Crippen molar-refractivity contribution in [3.63, 3.8) is 0 Å². The summed E-state index contributed by atoms with van der Waals surface area (Å²) in [7, 11) is 0. The molecule has 1 rings (SSSR count). The van der Waals surface area contributed by atoms with Crippen molar-refractivity contribution in [3.05, 3.63) is 12.2 Å². The van der Waals surface area contributed by atoms with E-state index in [9.17, 15) is 4.55 Å². The second-order valence-corrected chi connectivity index (χ2v) is 6.19. The van der Waals surface area contributed by atoms with Gasteiger partial charge in [-0.05, 0) is 39.5 Å². The zero-order valence-electron chi connectivity index (χ0n) is 9.19. The Hall–Kier alpha value is -0.280. The first-order valence-corrected chi connectivity index (χ1v) is 6.24. The summed E-state index contributed by atoms with van der Waals surface area (Å²) >= 11 is -1.09. The number of hydrogen-bond acceptors (Lipinski definition) is 2. The molecular weight excluding hydrogens is 194 g/mol. The van der Waals surface area contributed by atoms with Gasteiger partial charge in [-0.25, -0.2) is 0 Å². The van der Waals surface area contributed by atoms with Crippen LogP contribution in [0.5, 0.6) is 0 Å². The maximum absolute atomic E-state index is 11.8. The maximum Gasteiger partial charge on any atom is 0.151 e. The van der Waals surface area contributed by atoms with Crippen LogP contribution in [0.4, 0.5) is 0 Å². The largest absolute Gasteiger partial charge is 0.591 e. The summed E-state index contributed by atoms with van der Waals surface area (Å²) < 4.78 is 15.7. The van der Waals surface area contributed by atoms with Gasteiger partial charge in [0, 0.05) is 6.42 Å². The highest BCUT2D eigenvalue weighted by Gasteiger charge is 2.32. The normalized spacial score (nSPS) is 20.9. The highest BCUT2D eigenvalue weighted by Crippen LogP contribution is 2.28. The van der Waals surface area contributed by atoms with E-state index >= 15 is 0 Å². The summed E-state index contributed by atoms with van der Waals surface area (Å²) in [4.78, 5) is 0. The topological polar surface area (TPSA) is 35.4 Å². The first-order valence-electron chi connectivity index (χ1n) is 5.13. The Kier molecular flexibility index (Phi) is 4.20. The summed E-state index contributed by atoms with van der Waals surface area (Å²) in [5.74, 6) is 0.608. The zero-order valence-corrected chi connectivity index (χ0v) is 10.0. The van der Waals surface area contributed by atoms with Crippen LogP contribution in [0.3, 0.4) is 0 Å². The highest BCUT2D eigenvalue weighted by atomic mass is 32.2. The molecule has 14 heavy (non-hydrogen) atoms. The molecule has 1 aliphatic carbocycles. The zero-order chi connectivity index (χ0) is 10.6. The molecular formula is C11H19NOS. The average molecular weight is 213 g/mol. The van der Waals surface area contributed by atoms with Gasteiger partial charge in [-0.1, -0.05) is 16.5 Å². The van der Waals surface area contributed by atoms with Crippen molar-refractivity contribution < 1.29 is 4.55 Å². The van der Waals surface area contributed by atoms with E-state index in [4.69, 9.17) is 0 Å². The minimum Gasteiger partial charge on any atom is -0.591 e. The molecule has 80 valence electrons. The Labute approximate surface area is 89.8 Å². The summed E-state index contributed by atoms with van der Waals surface area (Å²) in [6, 6.07) is 0. The lowest BCUT2D eigenvalue weighted by Gasteiger charge is -2.21. The summed E-state index contributed by atoms with van der Waals surface area (Å²) in [5.41, 5.74) is 0. The van der Waals surface area contributed by atoms with Crippen molar-refractivity contribution in [3.8, 4) is 0 Å². The van der Waals surface area contributed by atoms with Crippen LogP contribution < -0.4 is 0 Å². The van der Waals surface area contributed by atoms with Crippen LogP contribution in [0.15, 0.2) is 16.5 Å². The lowest BCUT2D eigenvalue weighted by Crippen LogP contribution is -2.29. The predicted octanol–water partition coefficient (Wildman–Crippen LogP) is 2.88. The second-order valence-electron chi connectivity index (χ2n) is 4.37. The quantitative estimate of drug-likeness (QED) is 0.393. The molecule has 1 aliphatic rings. The van der Waals surface area contributed by atoms with Gasteiger partial charge in [-0.15, -0.1) is 0 Å². The molecule has 0 aromatic heterocycles. The van der Waals surface area contributed by atoms with E-state index in [0.717, 1.165) is 6.42 Å². The second kappa shape index (κ2) is 4.99. The van der Waals surface area contributed by atoms with Crippen molar-refractivity contribution >= 4 is 17.6 Å². The fraction of sp³-hybridized carbons (Fsp3) is 0.727. The fourth-order valence-electron chi connectivity index (χ4n) is 1.00. The number of rotatable bonds is 5. The number of hydrogen-bond donors (Lipinski definition) is 0. The van der Waals surface area contributed by atoms with Gasteiger partial charge in [-0.2, -0.15) is 0 Å². The molecule has 0 aliphatic heterocycles. The molecule has 3 heteroatoms. The Morgan fingerprint density at radius 2 is 2.14 bits per heavy atom. The molecule has 0 spiro atoms. The summed E-state index contributed by atoms with van der Waals surface area (Å²) in [5, 5.41) is 0. The predicted molar refractivity (Wildman–Crippen MR) is 62.9 cm³/mol. The number of allylic oxidation sites excluding steroid dienone is 2. The van der Waals surface area contributed by atoms with Gasteiger partial charge in [-0.3, -0.25) is 0 Å². The first kappa shape index (κ1) is 11.8. The van der Waals surface area contributed by atoms with Crippen LogP contribution in [-0.2, 0) is 11.4 Å². The average Bonchev–Trinajstić information content (AvgIpc) is 2.94. The third kappa shape index (κ3) is 3.84. The van der Waals surface area contributed by atoms with Crippen LogP contribution in [0.1, 0.15) is 40.0 Å². The lowest BCUT2D eigenvalue weighted by atomic mass is 10.1. The van der Waals surface area contributed by atoms with Crippen molar-refractivity contribution in [2.45, 2.75) is 44.8 Å². The molecule has 0 aromatic carbocycles. The van der Waals surface area contributed by atoms with Crippen LogP contribution in [0.2, 0.25) is 0 Å². The van der Waals surface area contributed by atoms with E-state index in [-0.39, 0.29) is 4.75 Å². The molecule has 0 heterocycles. The summed E-state index contributed by atoms with van der Waals surface area (Å²) in [6.45, 7) is 5.97. The van der Waals surface area contributed by atoms with Crippen LogP contribution >= 0.6 is 0 Å². The molecule has 1 fully saturated rings. The third-order valence-corrected chi connectivity index (χ3v) is 3.73. The van der Waals surface area contributed by atoms with E-state index in [1.54, 1.807) is 0 Å². The molecule has 1 saturated carbocycles. The van der Waals surface area contributed by atoms with Gasteiger partial charge in [0.1, 0.15) is 11.4 Å². The van der Waals surface area contributed by atoms with Gasteiger partial charge in [0.15, 0.2) is 4.75 Å². The van der Waals surface area contributed by atoms with Crippen molar-refractivity contribution in [2.24, 2.45) is 10.3 Å². The van der Waals surface area contributed by atoms with Gasteiger partial charge in [0.25, 0.3) is 0 Å². The van der Waals surface area contributed by atoms with Crippen molar-refractivity contribution in [1.29, 1.82) is 0 Å². The Balaban J connectivity index is 2.42. The minimum absolute atomic E-state index is 0.238. The van der Waals surface area contributed by atoms with Crippen molar-refractivity contribution in [2.75, 3.05) is 0 Å². The highest BCUT2D eigenvalue weighted by molar-refractivity contribution is 7.91. The van der Waals surface area contributed by atoms with Gasteiger partial charge < -0.3 is 4.55 Å². The molecule has 2 nitrogen and oxygen atoms in total. The smallest absolute Gasteiger partial charge is 0.151 e. The van der Waals surface area contributed by atoms with E-state index in [1.807, 2.05) is 39.1 Å². The third-order valence-electron chi connectivity index (χ3n) is 2.31. The summed E-state index contributed by atoms with van der Waals surface area (Å²) in [6.07, 6.45) is 9.16. The van der Waals surface area contributed by atoms with E-state index in [1.165, 1.54) is 12.8 Å². The Bertz CT molecular complexity index is 231. The molecule has 1 unspecified atom stereocenters. The Morgan fingerprint density at radius 1 is 1.50 bits per heavy atom. The molecule has 0 N–H and O–H groups in total.